The fraction of sp³-hybridized carbons (Fsp3) is 0.500. The molecule has 0 aromatic carbocycles. The van der Waals surface area contributed by atoms with Crippen LogP contribution >= 0.6 is 0 Å². The zero-order chi connectivity index (χ0) is 16.8. The highest BCUT2D eigenvalue weighted by molar-refractivity contribution is 6.06. The van der Waals surface area contributed by atoms with Crippen molar-refractivity contribution in [3.05, 3.63) is 30.0 Å². The monoisotopic (exact) mass is 327 g/mol. The number of carbonyl (C=O) groups is 2. The fourth-order valence-electron chi connectivity index (χ4n) is 4.23. The van der Waals surface area contributed by atoms with E-state index in [0.717, 1.165) is 30.4 Å². The van der Waals surface area contributed by atoms with Gasteiger partial charge in [-0.05, 0) is 38.2 Å². The summed E-state index contributed by atoms with van der Waals surface area (Å²) < 4.78 is 5.72. The van der Waals surface area contributed by atoms with Gasteiger partial charge in [0.2, 0.25) is 0 Å². The van der Waals surface area contributed by atoms with E-state index in [1.54, 1.807) is 6.07 Å². The van der Waals surface area contributed by atoms with Crippen LogP contribution in [0.25, 0.3) is 0 Å². The molecule has 2 fully saturated rings. The number of fused-ring (bicyclic) bond motifs is 5. The van der Waals surface area contributed by atoms with Crippen LogP contribution < -0.4 is 4.90 Å². The van der Waals surface area contributed by atoms with Gasteiger partial charge in [0.1, 0.15) is 5.76 Å². The van der Waals surface area contributed by atoms with Crippen molar-refractivity contribution >= 4 is 23.9 Å². The lowest BCUT2D eigenvalue weighted by Gasteiger charge is -2.16. The summed E-state index contributed by atoms with van der Waals surface area (Å²) >= 11 is 0. The summed E-state index contributed by atoms with van der Waals surface area (Å²) in [4.78, 5) is 27.1. The Bertz CT molecular complexity index is 702. The van der Waals surface area contributed by atoms with E-state index in [1.165, 1.54) is 6.21 Å². The van der Waals surface area contributed by atoms with Crippen molar-refractivity contribution in [2.75, 3.05) is 18.0 Å². The third kappa shape index (κ3) is 2.12. The third-order valence-corrected chi connectivity index (χ3v) is 5.44. The summed E-state index contributed by atoms with van der Waals surface area (Å²) in [6, 6.07) is 3.68. The number of allylic oxidation sites excluding steroid dienone is 2. The van der Waals surface area contributed by atoms with Crippen LogP contribution in [-0.2, 0) is 9.59 Å². The topological polar surface area (TPSA) is 66.1 Å². The molecule has 0 spiro atoms. The molecule has 1 aromatic rings. The maximum atomic E-state index is 12.5. The Morgan fingerprint density at radius 1 is 1.17 bits per heavy atom. The summed E-state index contributed by atoms with van der Waals surface area (Å²) in [6.07, 6.45) is 6.54. The number of furan rings is 1. The van der Waals surface area contributed by atoms with Gasteiger partial charge in [-0.25, -0.2) is 0 Å². The van der Waals surface area contributed by atoms with Crippen molar-refractivity contribution in [2.24, 2.45) is 28.8 Å². The quantitative estimate of drug-likeness (QED) is 0.473. The van der Waals surface area contributed by atoms with E-state index >= 15 is 0 Å². The predicted molar refractivity (Wildman–Crippen MR) is 89.4 cm³/mol. The minimum Gasteiger partial charge on any atom is -0.440 e. The Balaban J connectivity index is 1.51. The molecule has 2 heterocycles. The van der Waals surface area contributed by atoms with Crippen molar-refractivity contribution in [2.45, 2.75) is 20.3 Å². The van der Waals surface area contributed by atoms with Crippen molar-refractivity contribution < 1.29 is 14.0 Å². The predicted octanol–water partition coefficient (Wildman–Crippen LogP) is 2.27. The zero-order valence-electron chi connectivity index (χ0n) is 13.9. The summed E-state index contributed by atoms with van der Waals surface area (Å²) in [5.41, 5.74) is 0. The molecule has 0 radical (unpaired) electrons. The van der Waals surface area contributed by atoms with Crippen LogP contribution in [0.5, 0.6) is 0 Å². The smallest absolute Gasteiger partial charge is 0.254 e. The van der Waals surface area contributed by atoms with Crippen molar-refractivity contribution in [3.8, 4) is 0 Å². The number of nitrogens with zero attached hydrogens (tertiary/aromatic N) is 3. The molecule has 2 bridgehead atoms. The van der Waals surface area contributed by atoms with Gasteiger partial charge in [-0.2, -0.15) is 10.1 Å². The van der Waals surface area contributed by atoms with Crippen LogP contribution in [0.2, 0.25) is 0 Å². The normalized spacial score (nSPS) is 30.8. The second-order valence-electron chi connectivity index (χ2n) is 6.58. The van der Waals surface area contributed by atoms with Crippen molar-refractivity contribution in [1.82, 2.24) is 5.01 Å². The molecule has 1 saturated heterocycles. The average molecular weight is 327 g/mol. The average Bonchev–Trinajstić information content (AvgIpc) is 3.33. The first-order valence-electron chi connectivity index (χ1n) is 8.59. The van der Waals surface area contributed by atoms with Crippen LogP contribution in [0.15, 0.2) is 33.8 Å². The Hall–Kier alpha value is -2.37. The van der Waals surface area contributed by atoms with Crippen LogP contribution in [0.1, 0.15) is 26.0 Å². The van der Waals surface area contributed by atoms with E-state index in [2.05, 4.69) is 36.0 Å². The summed E-state index contributed by atoms with van der Waals surface area (Å²) in [7, 11) is 0. The van der Waals surface area contributed by atoms with Gasteiger partial charge in [-0.3, -0.25) is 9.59 Å². The van der Waals surface area contributed by atoms with Gasteiger partial charge in [0.15, 0.2) is 5.88 Å². The number of carbonyl (C=O) groups excluding carboxylic acids is 2. The van der Waals surface area contributed by atoms with Gasteiger partial charge in [0.25, 0.3) is 11.8 Å². The molecule has 2 amide bonds. The van der Waals surface area contributed by atoms with Gasteiger partial charge in [0, 0.05) is 19.2 Å². The van der Waals surface area contributed by atoms with E-state index in [0.29, 0.717) is 5.76 Å². The highest BCUT2D eigenvalue weighted by Gasteiger charge is 2.59. The molecule has 6 nitrogen and oxygen atoms in total. The van der Waals surface area contributed by atoms with Gasteiger partial charge >= 0.3 is 0 Å². The van der Waals surface area contributed by atoms with Crippen molar-refractivity contribution in [3.63, 3.8) is 0 Å². The molecule has 6 heteroatoms. The summed E-state index contributed by atoms with van der Waals surface area (Å²) in [6.45, 7) is 5.82. The fourth-order valence-corrected chi connectivity index (χ4v) is 4.23. The molecule has 24 heavy (non-hydrogen) atoms. The van der Waals surface area contributed by atoms with Gasteiger partial charge in [-0.15, -0.1) is 0 Å². The number of hydrazone groups is 1. The summed E-state index contributed by atoms with van der Waals surface area (Å²) in [5.74, 6) is 0.932. The number of hydrogen-bond acceptors (Lipinski definition) is 5. The Kier molecular flexibility index (Phi) is 3.55. The van der Waals surface area contributed by atoms with E-state index < -0.39 is 0 Å². The van der Waals surface area contributed by atoms with Crippen LogP contribution in [0.3, 0.4) is 0 Å². The van der Waals surface area contributed by atoms with Crippen LogP contribution in [0.4, 0.5) is 5.88 Å². The highest BCUT2D eigenvalue weighted by atomic mass is 16.4. The second-order valence-corrected chi connectivity index (χ2v) is 6.58. The molecule has 126 valence electrons. The minimum absolute atomic E-state index is 0.173. The molecule has 2 aliphatic carbocycles. The minimum atomic E-state index is -0.215. The van der Waals surface area contributed by atoms with E-state index in [-0.39, 0.29) is 35.5 Å². The number of anilines is 1. The van der Waals surface area contributed by atoms with Crippen LogP contribution in [-0.4, -0.2) is 36.1 Å². The first-order valence-corrected chi connectivity index (χ1v) is 8.59. The lowest BCUT2D eigenvalue weighted by atomic mass is 9.85. The molecule has 4 atom stereocenters. The summed E-state index contributed by atoms with van der Waals surface area (Å²) in [5, 5.41) is 5.17. The molecule has 0 N–H and O–H groups in total. The van der Waals surface area contributed by atoms with Gasteiger partial charge in [0.05, 0.1) is 18.1 Å². The first kappa shape index (κ1) is 15.2. The first-order chi connectivity index (χ1) is 11.6. The van der Waals surface area contributed by atoms with Gasteiger partial charge < -0.3 is 9.32 Å². The molecule has 3 aliphatic rings. The number of hydrogen-bond donors (Lipinski definition) is 0. The Morgan fingerprint density at radius 2 is 1.79 bits per heavy atom. The van der Waals surface area contributed by atoms with E-state index in [1.807, 2.05) is 6.07 Å². The SMILES string of the molecule is CCN(CC)c1ccc(/C=N\N2C(=O)[C@@H]3[C@H](C2=O)[C@H]2C=C[C@H]3C2)o1. The van der Waals surface area contributed by atoms with E-state index in [9.17, 15) is 9.59 Å². The molecule has 1 aliphatic heterocycles. The number of imide groups is 1. The molecule has 1 saturated carbocycles. The highest BCUT2D eigenvalue weighted by Crippen LogP contribution is 2.52. The molecule has 1 aromatic heterocycles. The molecule has 0 unspecified atom stereocenters. The molecular formula is C18H21N3O3. The maximum Gasteiger partial charge on any atom is 0.254 e. The maximum absolute atomic E-state index is 12.5. The van der Waals surface area contributed by atoms with E-state index in [4.69, 9.17) is 4.42 Å². The molecular weight excluding hydrogens is 306 g/mol. The second kappa shape index (κ2) is 5.61. The number of amides is 2. The zero-order valence-corrected chi connectivity index (χ0v) is 13.9. The third-order valence-electron chi connectivity index (χ3n) is 5.44. The standard InChI is InChI=1S/C18H21N3O3/c1-3-20(4-2)14-8-7-13(24-14)10-19-21-17(22)15-11-5-6-12(9-11)16(15)18(21)23/h5-8,10-12,15-16H,3-4,9H2,1-2H3/b19-10-/t11-,12-,15-,16+/m0/s1. The Morgan fingerprint density at radius 3 is 2.38 bits per heavy atom. The lowest BCUT2D eigenvalue weighted by Crippen LogP contribution is -2.28. The van der Waals surface area contributed by atoms with Crippen LogP contribution in [0, 0.1) is 23.7 Å². The van der Waals surface area contributed by atoms with Gasteiger partial charge in [-0.1, -0.05) is 12.2 Å². The lowest BCUT2D eigenvalue weighted by molar-refractivity contribution is -0.140. The van der Waals surface area contributed by atoms with Crippen molar-refractivity contribution in [1.29, 1.82) is 0 Å². The largest absolute Gasteiger partial charge is 0.440 e. The Labute approximate surface area is 140 Å². The number of rotatable bonds is 5. The molecule has 4 rings (SSSR count).